The molecule has 0 aliphatic rings. The fourth-order valence-electron chi connectivity index (χ4n) is 1.41. The highest BCUT2D eigenvalue weighted by Crippen LogP contribution is 2.10. The van der Waals surface area contributed by atoms with Crippen molar-refractivity contribution in [2.75, 3.05) is 0 Å². The lowest BCUT2D eigenvalue weighted by molar-refractivity contribution is 0.0946. The molecule has 92 valence electrons. The molecule has 1 aromatic carbocycles. The van der Waals surface area contributed by atoms with Crippen LogP contribution in [-0.2, 0) is 6.54 Å². The number of hydrogen-bond acceptors (Lipinski definition) is 2. The Bertz CT molecular complexity index is 557. The Morgan fingerprint density at radius 2 is 1.94 bits per heavy atom. The van der Waals surface area contributed by atoms with E-state index in [1.165, 1.54) is 0 Å². The van der Waals surface area contributed by atoms with Crippen LogP contribution in [0.2, 0.25) is 5.15 Å². The average molecular weight is 326 g/mol. The highest BCUT2D eigenvalue weighted by atomic mass is 79.9. The predicted octanol–water partition coefficient (Wildman–Crippen LogP) is 3.43. The van der Waals surface area contributed by atoms with E-state index in [4.69, 9.17) is 11.6 Å². The predicted molar refractivity (Wildman–Crippen MR) is 74.6 cm³/mol. The Hall–Kier alpha value is -1.39. The summed E-state index contributed by atoms with van der Waals surface area (Å²) in [6.07, 6.45) is 0. The molecule has 0 saturated carbocycles. The maximum atomic E-state index is 11.8. The van der Waals surface area contributed by atoms with E-state index >= 15 is 0 Å². The van der Waals surface area contributed by atoms with Crippen LogP contribution in [0.5, 0.6) is 0 Å². The van der Waals surface area contributed by atoms with Gasteiger partial charge in [-0.15, -0.1) is 0 Å². The fourth-order valence-corrected chi connectivity index (χ4v) is 1.84. The number of hydrogen-bond donors (Lipinski definition) is 1. The Morgan fingerprint density at radius 3 is 2.61 bits per heavy atom. The van der Waals surface area contributed by atoms with E-state index in [2.05, 4.69) is 26.2 Å². The van der Waals surface area contributed by atoms with Gasteiger partial charge in [-0.25, -0.2) is 4.98 Å². The number of nitrogens with zero attached hydrogens (tertiary/aromatic N) is 1. The van der Waals surface area contributed by atoms with Crippen molar-refractivity contribution < 1.29 is 4.79 Å². The molecule has 0 radical (unpaired) electrons. The summed E-state index contributed by atoms with van der Waals surface area (Å²) in [7, 11) is 0. The van der Waals surface area contributed by atoms with Gasteiger partial charge in [0.15, 0.2) is 0 Å². The number of aromatic nitrogens is 1. The third kappa shape index (κ3) is 3.55. The molecule has 5 heteroatoms. The van der Waals surface area contributed by atoms with Gasteiger partial charge in [0, 0.05) is 11.0 Å². The molecule has 1 heterocycles. The average Bonchev–Trinajstić information content (AvgIpc) is 2.38. The third-order valence-electron chi connectivity index (χ3n) is 2.31. The van der Waals surface area contributed by atoms with E-state index in [0.29, 0.717) is 17.4 Å². The summed E-state index contributed by atoms with van der Waals surface area (Å²) in [5.74, 6) is -0.236. The zero-order chi connectivity index (χ0) is 13.0. The van der Waals surface area contributed by atoms with Crippen LogP contribution >= 0.6 is 27.5 Å². The second kappa shape index (κ2) is 5.98. The summed E-state index contributed by atoms with van der Waals surface area (Å²) in [6.45, 7) is 0.459. The SMILES string of the molecule is O=C(NCc1ccc(Br)cc1)c1cccc(Cl)n1. The minimum absolute atomic E-state index is 0.236. The van der Waals surface area contributed by atoms with Crippen molar-refractivity contribution in [1.29, 1.82) is 0 Å². The van der Waals surface area contributed by atoms with Crippen molar-refractivity contribution in [3.05, 3.63) is 63.3 Å². The van der Waals surface area contributed by atoms with Crippen LogP contribution in [0.1, 0.15) is 16.1 Å². The first-order valence-electron chi connectivity index (χ1n) is 5.30. The molecule has 3 nitrogen and oxygen atoms in total. The summed E-state index contributed by atoms with van der Waals surface area (Å²) in [5.41, 5.74) is 1.34. The molecule has 18 heavy (non-hydrogen) atoms. The highest BCUT2D eigenvalue weighted by Gasteiger charge is 2.06. The fraction of sp³-hybridized carbons (Fsp3) is 0.0769. The number of benzene rings is 1. The molecule has 0 aliphatic carbocycles. The maximum absolute atomic E-state index is 11.8. The van der Waals surface area contributed by atoms with Crippen LogP contribution in [-0.4, -0.2) is 10.9 Å². The number of pyridine rings is 1. The van der Waals surface area contributed by atoms with Gasteiger partial charge in [-0.2, -0.15) is 0 Å². The summed E-state index contributed by atoms with van der Waals surface area (Å²) in [6, 6.07) is 12.7. The molecule has 2 rings (SSSR count). The Balaban J connectivity index is 1.98. The monoisotopic (exact) mass is 324 g/mol. The third-order valence-corrected chi connectivity index (χ3v) is 3.05. The van der Waals surface area contributed by atoms with E-state index in [9.17, 15) is 4.79 Å². The van der Waals surface area contributed by atoms with Crippen molar-refractivity contribution in [1.82, 2.24) is 10.3 Å². The number of carbonyl (C=O) groups excluding carboxylic acids is 1. The zero-order valence-corrected chi connectivity index (χ0v) is 11.7. The van der Waals surface area contributed by atoms with Gasteiger partial charge >= 0.3 is 0 Å². The van der Waals surface area contributed by atoms with Gasteiger partial charge in [0.25, 0.3) is 5.91 Å². The number of rotatable bonds is 3. The number of amides is 1. The minimum Gasteiger partial charge on any atom is -0.347 e. The minimum atomic E-state index is -0.236. The van der Waals surface area contributed by atoms with E-state index < -0.39 is 0 Å². The van der Waals surface area contributed by atoms with Crippen molar-refractivity contribution >= 4 is 33.4 Å². The molecule has 0 aliphatic heterocycles. The second-order valence-electron chi connectivity index (χ2n) is 3.65. The molecule has 0 unspecified atom stereocenters. The number of nitrogens with one attached hydrogen (secondary N) is 1. The quantitative estimate of drug-likeness (QED) is 0.879. The normalized spacial score (nSPS) is 10.1. The van der Waals surface area contributed by atoms with Crippen LogP contribution in [0.4, 0.5) is 0 Å². The maximum Gasteiger partial charge on any atom is 0.270 e. The summed E-state index contributed by atoms with van der Waals surface area (Å²) >= 11 is 9.09. The summed E-state index contributed by atoms with van der Waals surface area (Å²) < 4.78 is 1.01. The molecule has 0 fully saturated rings. The smallest absolute Gasteiger partial charge is 0.270 e. The molecule has 1 aromatic heterocycles. The molecular formula is C13H10BrClN2O. The van der Waals surface area contributed by atoms with E-state index in [1.54, 1.807) is 18.2 Å². The van der Waals surface area contributed by atoms with Gasteiger partial charge in [0.2, 0.25) is 0 Å². The molecule has 0 spiro atoms. The van der Waals surface area contributed by atoms with Gasteiger partial charge in [-0.1, -0.05) is 45.7 Å². The molecular weight excluding hydrogens is 316 g/mol. The van der Waals surface area contributed by atoms with Gasteiger partial charge in [0.05, 0.1) is 0 Å². The van der Waals surface area contributed by atoms with Gasteiger partial charge in [-0.05, 0) is 29.8 Å². The highest BCUT2D eigenvalue weighted by molar-refractivity contribution is 9.10. The topological polar surface area (TPSA) is 42.0 Å². The van der Waals surface area contributed by atoms with Crippen molar-refractivity contribution in [2.24, 2.45) is 0 Å². The molecule has 0 atom stereocenters. The standard InChI is InChI=1S/C13H10BrClN2O/c14-10-6-4-9(5-7-10)8-16-13(18)11-2-1-3-12(15)17-11/h1-7H,8H2,(H,16,18). The first-order valence-corrected chi connectivity index (χ1v) is 6.47. The second-order valence-corrected chi connectivity index (χ2v) is 4.96. The van der Waals surface area contributed by atoms with Crippen molar-refractivity contribution in [3.8, 4) is 0 Å². The lowest BCUT2D eigenvalue weighted by Gasteiger charge is -2.05. The number of carbonyl (C=O) groups is 1. The van der Waals surface area contributed by atoms with Gasteiger partial charge in [0.1, 0.15) is 10.8 Å². The Kier molecular flexibility index (Phi) is 4.33. The lowest BCUT2D eigenvalue weighted by atomic mass is 10.2. The molecule has 2 aromatic rings. The largest absolute Gasteiger partial charge is 0.347 e. The first kappa shape index (κ1) is 13.1. The van der Waals surface area contributed by atoms with E-state index in [1.807, 2.05) is 24.3 Å². The van der Waals surface area contributed by atoms with Crippen LogP contribution in [0.15, 0.2) is 46.9 Å². The lowest BCUT2D eigenvalue weighted by Crippen LogP contribution is -2.23. The van der Waals surface area contributed by atoms with Crippen LogP contribution in [0, 0.1) is 0 Å². The summed E-state index contributed by atoms with van der Waals surface area (Å²) in [4.78, 5) is 15.7. The summed E-state index contributed by atoms with van der Waals surface area (Å²) in [5, 5.41) is 3.10. The zero-order valence-electron chi connectivity index (χ0n) is 9.36. The van der Waals surface area contributed by atoms with E-state index in [-0.39, 0.29) is 5.91 Å². The van der Waals surface area contributed by atoms with E-state index in [0.717, 1.165) is 10.0 Å². The van der Waals surface area contributed by atoms with Crippen LogP contribution < -0.4 is 5.32 Å². The Morgan fingerprint density at radius 1 is 1.22 bits per heavy atom. The van der Waals surface area contributed by atoms with Crippen molar-refractivity contribution in [3.63, 3.8) is 0 Å². The molecule has 1 N–H and O–H groups in total. The Labute approximate surface area is 118 Å². The van der Waals surface area contributed by atoms with Crippen LogP contribution in [0.3, 0.4) is 0 Å². The number of halogens is 2. The van der Waals surface area contributed by atoms with Crippen molar-refractivity contribution in [2.45, 2.75) is 6.54 Å². The van der Waals surface area contributed by atoms with Gasteiger partial charge in [-0.3, -0.25) is 4.79 Å². The first-order chi connectivity index (χ1) is 8.65. The molecule has 0 bridgehead atoms. The molecule has 1 amide bonds. The molecule has 0 saturated heterocycles. The van der Waals surface area contributed by atoms with Gasteiger partial charge < -0.3 is 5.32 Å². The van der Waals surface area contributed by atoms with Crippen LogP contribution in [0.25, 0.3) is 0 Å².